The molecule has 0 atom stereocenters. The van der Waals surface area contributed by atoms with Gasteiger partial charge in [-0.1, -0.05) is 22.0 Å². The smallest absolute Gasteiger partial charge is 0.122 e. The second kappa shape index (κ2) is 6.48. The van der Waals surface area contributed by atoms with Crippen LogP contribution in [0.2, 0.25) is 0 Å². The molecule has 0 spiro atoms. The largest absolute Gasteiger partial charge is 0.490 e. The average molecular weight is 322 g/mol. The Kier molecular flexibility index (Phi) is 4.68. The molecule has 2 aromatic carbocycles. The summed E-state index contributed by atoms with van der Waals surface area (Å²) in [4.78, 5) is 0. The van der Waals surface area contributed by atoms with Crippen LogP contribution in [0.4, 0.5) is 5.69 Å². The molecule has 3 nitrogen and oxygen atoms in total. The molecule has 0 aliphatic rings. The van der Waals surface area contributed by atoms with Crippen molar-refractivity contribution in [3.05, 3.63) is 52.5 Å². The van der Waals surface area contributed by atoms with E-state index in [1.54, 1.807) is 6.07 Å². The van der Waals surface area contributed by atoms with E-state index in [4.69, 9.17) is 15.2 Å². The number of hydrogen-bond acceptors (Lipinski definition) is 3. The minimum atomic E-state index is 0.485. The van der Waals surface area contributed by atoms with Gasteiger partial charge in [0.05, 0.1) is 0 Å². The summed E-state index contributed by atoms with van der Waals surface area (Å²) < 4.78 is 12.2. The molecule has 0 amide bonds. The first-order chi connectivity index (χ1) is 9.15. The van der Waals surface area contributed by atoms with E-state index in [0.717, 1.165) is 21.5 Å². The number of rotatable bonds is 5. The predicted molar refractivity (Wildman–Crippen MR) is 80.7 cm³/mol. The fourth-order valence-corrected chi connectivity index (χ4v) is 1.88. The van der Waals surface area contributed by atoms with Crippen molar-refractivity contribution >= 4 is 21.6 Å². The molecule has 2 rings (SSSR count). The highest BCUT2D eigenvalue weighted by atomic mass is 79.9. The second-order valence-electron chi connectivity index (χ2n) is 4.18. The molecule has 0 aliphatic heterocycles. The zero-order valence-electron chi connectivity index (χ0n) is 10.7. The number of anilines is 1. The summed E-state index contributed by atoms with van der Waals surface area (Å²) in [5.74, 6) is 1.60. The molecule has 100 valence electrons. The lowest BCUT2D eigenvalue weighted by molar-refractivity contribution is 0.217. The summed E-state index contributed by atoms with van der Waals surface area (Å²) in [7, 11) is 0. The van der Waals surface area contributed by atoms with E-state index < -0.39 is 0 Å². The highest BCUT2D eigenvalue weighted by Crippen LogP contribution is 2.21. The lowest BCUT2D eigenvalue weighted by atomic mass is 10.2. The van der Waals surface area contributed by atoms with Crippen LogP contribution in [0, 0.1) is 6.92 Å². The molecule has 0 aromatic heterocycles. The van der Waals surface area contributed by atoms with Crippen LogP contribution in [-0.2, 0) is 0 Å². The SMILES string of the molecule is Cc1cc(OCCOc2cccc(N)c2)ccc1Br. The van der Waals surface area contributed by atoms with E-state index in [9.17, 15) is 0 Å². The van der Waals surface area contributed by atoms with Crippen molar-refractivity contribution in [2.45, 2.75) is 6.92 Å². The summed E-state index contributed by atoms with van der Waals surface area (Å²) in [6.45, 7) is 3.01. The zero-order valence-corrected chi connectivity index (χ0v) is 12.3. The van der Waals surface area contributed by atoms with Crippen molar-refractivity contribution in [2.75, 3.05) is 18.9 Å². The van der Waals surface area contributed by atoms with E-state index in [2.05, 4.69) is 15.9 Å². The summed E-state index contributed by atoms with van der Waals surface area (Å²) in [6, 6.07) is 13.3. The van der Waals surface area contributed by atoms with Gasteiger partial charge in [-0.25, -0.2) is 0 Å². The van der Waals surface area contributed by atoms with Gasteiger partial charge in [-0.2, -0.15) is 0 Å². The fraction of sp³-hybridized carbons (Fsp3) is 0.200. The molecule has 0 heterocycles. The third-order valence-electron chi connectivity index (χ3n) is 2.61. The van der Waals surface area contributed by atoms with Crippen LogP contribution < -0.4 is 15.2 Å². The Hall–Kier alpha value is -1.68. The highest BCUT2D eigenvalue weighted by molar-refractivity contribution is 9.10. The van der Waals surface area contributed by atoms with Crippen LogP contribution >= 0.6 is 15.9 Å². The van der Waals surface area contributed by atoms with Gasteiger partial charge in [0.1, 0.15) is 24.7 Å². The van der Waals surface area contributed by atoms with Crippen molar-refractivity contribution in [3.63, 3.8) is 0 Å². The first kappa shape index (κ1) is 13.7. The number of aryl methyl sites for hydroxylation is 1. The number of ether oxygens (including phenoxy) is 2. The van der Waals surface area contributed by atoms with Crippen molar-refractivity contribution in [1.82, 2.24) is 0 Å². The molecule has 0 radical (unpaired) electrons. The van der Waals surface area contributed by atoms with Crippen molar-refractivity contribution in [1.29, 1.82) is 0 Å². The summed E-state index contributed by atoms with van der Waals surface area (Å²) in [5, 5.41) is 0. The van der Waals surface area contributed by atoms with Gasteiger partial charge in [0.2, 0.25) is 0 Å². The Morgan fingerprint density at radius 3 is 2.32 bits per heavy atom. The number of hydrogen-bond donors (Lipinski definition) is 1. The maximum Gasteiger partial charge on any atom is 0.122 e. The van der Waals surface area contributed by atoms with Crippen LogP contribution in [0.5, 0.6) is 11.5 Å². The van der Waals surface area contributed by atoms with E-state index in [1.165, 1.54) is 0 Å². The predicted octanol–water partition coefficient (Wildman–Crippen LogP) is 3.80. The van der Waals surface area contributed by atoms with Crippen molar-refractivity contribution in [2.24, 2.45) is 0 Å². The van der Waals surface area contributed by atoms with Gasteiger partial charge >= 0.3 is 0 Å². The van der Waals surface area contributed by atoms with Crippen LogP contribution in [0.25, 0.3) is 0 Å². The zero-order chi connectivity index (χ0) is 13.7. The fourth-order valence-electron chi connectivity index (χ4n) is 1.63. The Morgan fingerprint density at radius 2 is 1.68 bits per heavy atom. The molecule has 2 aromatic rings. The first-order valence-corrected chi connectivity index (χ1v) is 6.82. The van der Waals surface area contributed by atoms with E-state index in [0.29, 0.717) is 18.9 Å². The third-order valence-corrected chi connectivity index (χ3v) is 3.50. The van der Waals surface area contributed by atoms with Gasteiger partial charge in [0, 0.05) is 16.2 Å². The molecule has 0 aliphatic carbocycles. The van der Waals surface area contributed by atoms with Gasteiger partial charge in [-0.3, -0.25) is 0 Å². The average Bonchev–Trinajstić information content (AvgIpc) is 2.39. The summed E-state index contributed by atoms with van der Waals surface area (Å²) in [6.07, 6.45) is 0. The maximum absolute atomic E-state index is 5.67. The lowest BCUT2D eigenvalue weighted by Crippen LogP contribution is -2.09. The monoisotopic (exact) mass is 321 g/mol. The van der Waals surface area contributed by atoms with Gasteiger partial charge < -0.3 is 15.2 Å². The topological polar surface area (TPSA) is 44.5 Å². The number of nitrogen functional groups attached to an aromatic ring is 1. The lowest BCUT2D eigenvalue weighted by Gasteiger charge is -2.09. The normalized spacial score (nSPS) is 10.2. The van der Waals surface area contributed by atoms with Crippen molar-refractivity contribution in [3.8, 4) is 11.5 Å². The molecular weight excluding hydrogens is 306 g/mol. The molecule has 19 heavy (non-hydrogen) atoms. The number of benzene rings is 2. The Labute approximate surface area is 121 Å². The third kappa shape index (κ3) is 4.17. The molecule has 0 unspecified atom stereocenters. The van der Waals surface area contributed by atoms with Gasteiger partial charge in [0.15, 0.2) is 0 Å². The summed E-state index contributed by atoms with van der Waals surface area (Å²) >= 11 is 3.46. The minimum Gasteiger partial charge on any atom is -0.490 e. The number of nitrogens with two attached hydrogens (primary N) is 1. The Bertz CT molecular complexity index is 558. The Morgan fingerprint density at radius 1 is 1.00 bits per heavy atom. The van der Waals surface area contributed by atoms with E-state index in [-0.39, 0.29) is 0 Å². The molecule has 0 saturated heterocycles. The quantitative estimate of drug-likeness (QED) is 0.673. The standard InChI is InChI=1S/C15H16BrNO2/c1-11-9-14(5-6-15(11)16)19-8-7-18-13-4-2-3-12(17)10-13/h2-6,9-10H,7-8,17H2,1H3. The van der Waals surface area contributed by atoms with E-state index in [1.807, 2.05) is 43.3 Å². The minimum absolute atomic E-state index is 0.485. The van der Waals surface area contributed by atoms with Gasteiger partial charge in [0.25, 0.3) is 0 Å². The first-order valence-electron chi connectivity index (χ1n) is 6.02. The Balaban J connectivity index is 1.79. The van der Waals surface area contributed by atoms with E-state index >= 15 is 0 Å². The van der Waals surface area contributed by atoms with Gasteiger partial charge in [-0.05, 0) is 42.8 Å². The number of halogens is 1. The van der Waals surface area contributed by atoms with Crippen LogP contribution in [0.3, 0.4) is 0 Å². The van der Waals surface area contributed by atoms with Crippen molar-refractivity contribution < 1.29 is 9.47 Å². The molecule has 4 heteroatoms. The van der Waals surface area contributed by atoms with Crippen LogP contribution in [-0.4, -0.2) is 13.2 Å². The maximum atomic E-state index is 5.67. The molecule has 0 saturated carbocycles. The van der Waals surface area contributed by atoms with Crippen LogP contribution in [0.15, 0.2) is 46.9 Å². The van der Waals surface area contributed by atoms with Gasteiger partial charge in [-0.15, -0.1) is 0 Å². The second-order valence-corrected chi connectivity index (χ2v) is 5.03. The molecule has 2 N–H and O–H groups in total. The molecule has 0 bridgehead atoms. The molecular formula is C15H16BrNO2. The highest BCUT2D eigenvalue weighted by Gasteiger charge is 1.99. The molecule has 0 fully saturated rings. The van der Waals surface area contributed by atoms with Crippen LogP contribution in [0.1, 0.15) is 5.56 Å². The summed E-state index contributed by atoms with van der Waals surface area (Å²) in [5.41, 5.74) is 7.51.